The summed E-state index contributed by atoms with van der Waals surface area (Å²) in [5.74, 6) is 0.853. The van der Waals surface area contributed by atoms with Gasteiger partial charge in [0, 0.05) is 0 Å². The van der Waals surface area contributed by atoms with Crippen molar-refractivity contribution in [2.45, 2.75) is 33.1 Å². The molecule has 0 aromatic heterocycles. The first-order valence-electron chi connectivity index (χ1n) is 6.71. The van der Waals surface area contributed by atoms with Gasteiger partial charge in [-0.2, -0.15) is 0 Å². The Hall–Kier alpha value is -1.77. The molecule has 0 radical (unpaired) electrons. The Kier molecular flexibility index (Phi) is 6.72. The summed E-state index contributed by atoms with van der Waals surface area (Å²) in [6, 6.07) is 7.94. The fourth-order valence-electron chi connectivity index (χ4n) is 1.62. The lowest BCUT2D eigenvalue weighted by molar-refractivity contribution is 0.213. The fourth-order valence-corrected chi connectivity index (χ4v) is 1.62. The summed E-state index contributed by atoms with van der Waals surface area (Å²) in [4.78, 5) is 4.88. The maximum atomic E-state index is 5.64. The summed E-state index contributed by atoms with van der Waals surface area (Å²) >= 11 is 0. The highest BCUT2D eigenvalue weighted by Gasteiger charge is 2.04. The van der Waals surface area contributed by atoms with Crippen LogP contribution < -0.4 is 4.74 Å². The van der Waals surface area contributed by atoms with Gasteiger partial charge >= 0.3 is 0 Å². The van der Waals surface area contributed by atoms with Crippen molar-refractivity contribution in [3.8, 4) is 5.75 Å². The zero-order valence-corrected chi connectivity index (χ0v) is 12.1. The van der Waals surface area contributed by atoms with E-state index in [-0.39, 0.29) is 0 Å². The third kappa shape index (κ3) is 5.16. The highest BCUT2D eigenvalue weighted by molar-refractivity contribution is 6.00. The van der Waals surface area contributed by atoms with E-state index in [1.165, 1.54) is 0 Å². The molecular weight excluding hydrogens is 238 g/mol. The van der Waals surface area contributed by atoms with Gasteiger partial charge in [0.05, 0.1) is 5.71 Å². The molecule has 0 atom stereocenters. The smallest absolute Gasteiger partial charge is 0.119 e. The summed E-state index contributed by atoms with van der Waals surface area (Å²) in [6.45, 7) is 8.70. The molecule has 0 saturated carbocycles. The van der Waals surface area contributed by atoms with Crippen molar-refractivity contribution in [2.24, 2.45) is 5.16 Å². The van der Waals surface area contributed by atoms with E-state index in [2.05, 4.69) is 25.6 Å². The van der Waals surface area contributed by atoms with Gasteiger partial charge in [-0.05, 0) is 48.2 Å². The molecule has 19 heavy (non-hydrogen) atoms. The van der Waals surface area contributed by atoms with Crippen molar-refractivity contribution in [3.63, 3.8) is 0 Å². The molecule has 1 rings (SSSR count). The second-order valence-corrected chi connectivity index (χ2v) is 4.39. The predicted molar refractivity (Wildman–Crippen MR) is 79.8 cm³/mol. The normalized spacial score (nSPS) is 11.2. The molecule has 0 fully saturated rings. The largest absolute Gasteiger partial charge is 0.489 e. The van der Waals surface area contributed by atoms with Gasteiger partial charge in [-0.1, -0.05) is 32.0 Å². The first kappa shape index (κ1) is 15.3. The average Bonchev–Trinajstić information content (AvgIpc) is 2.45. The zero-order valence-electron chi connectivity index (χ0n) is 12.1. The molecule has 0 heterocycles. The van der Waals surface area contributed by atoms with E-state index in [1.54, 1.807) is 7.11 Å². The third-order valence-corrected chi connectivity index (χ3v) is 2.82. The quantitative estimate of drug-likeness (QED) is 0.399. The molecule has 0 saturated heterocycles. The predicted octanol–water partition coefficient (Wildman–Crippen LogP) is 4.18. The molecule has 0 N–H and O–H groups in total. The van der Waals surface area contributed by atoms with Gasteiger partial charge in [0.15, 0.2) is 0 Å². The molecule has 0 aliphatic rings. The molecule has 0 unspecified atom stereocenters. The fraction of sp³-hybridized carbons (Fsp3) is 0.438. The molecule has 0 aliphatic carbocycles. The summed E-state index contributed by atoms with van der Waals surface area (Å²) in [6.07, 6.45) is 2.89. The number of ether oxygens (including phenoxy) is 1. The Labute approximate surface area is 115 Å². The number of benzene rings is 1. The van der Waals surface area contributed by atoms with E-state index in [4.69, 9.17) is 9.57 Å². The van der Waals surface area contributed by atoms with Crippen molar-refractivity contribution in [2.75, 3.05) is 13.7 Å². The average molecular weight is 261 g/mol. The Morgan fingerprint density at radius 1 is 1.21 bits per heavy atom. The van der Waals surface area contributed by atoms with Crippen molar-refractivity contribution in [1.82, 2.24) is 0 Å². The Morgan fingerprint density at radius 2 is 1.89 bits per heavy atom. The van der Waals surface area contributed by atoms with Crippen LogP contribution >= 0.6 is 0 Å². The van der Waals surface area contributed by atoms with Gasteiger partial charge in [-0.15, -0.1) is 0 Å². The molecule has 1 aromatic rings. The van der Waals surface area contributed by atoms with Gasteiger partial charge < -0.3 is 9.57 Å². The monoisotopic (exact) mass is 261 g/mol. The van der Waals surface area contributed by atoms with Crippen LogP contribution in [0.1, 0.15) is 38.7 Å². The maximum Gasteiger partial charge on any atom is 0.119 e. The molecule has 104 valence electrons. The van der Waals surface area contributed by atoms with E-state index in [9.17, 15) is 0 Å². The molecule has 1 aromatic carbocycles. The van der Waals surface area contributed by atoms with Crippen LogP contribution in [0.15, 0.2) is 41.6 Å². The van der Waals surface area contributed by atoms with E-state index < -0.39 is 0 Å². The van der Waals surface area contributed by atoms with Crippen molar-refractivity contribution >= 4 is 5.71 Å². The van der Waals surface area contributed by atoms with E-state index >= 15 is 0 Å². The van der Waals surface area contributed by atoms with Crippen molar-refractivity contribution in [1.29, 1.82) is 0 Å². The first-order valence-corrected chi connectivity index (χ1v) is 6.71. The number of oxime groups is 1. The van der Waals surface area contributed by atoms with Crippen LogP contribution in [0.3, 0.4) is 0 Å². The highest BCUT2D eigenvalue weighted by atomic mass is 16.6. The van der Waals surface area contributed by atoms with Crippen LogP contribution in [0.2, 0.25) is 0 Å². The molecule has 0 spiro atoms. The first-order chi connectivity index (χ1) is 9.21. The Morgan fingerprint density at radius 3 is 2.42 bits per heavy atom. The third-order valence-electron chi connectivity index (χ3n) is 2.82. The summed E-state index contributed by atoms with van der Waals surface area (Å²) in [7, 11) is 1.57. The van der Waals surface area contributed by atoms with Crippen molar-refractivity contribution < 1.29 is 9.57 Å². The lowest BCUT2D eigenvalue weighted by Crippen LogP contribution is -2.02. The van der Waals surface area contributed by atoms with E-state index in [0.29, 0.717) is 6.61 Å². The van der Waals surface area contributed by atoms with Gasteiger partial charge in [-0.3, -0.25) is 0 Å². The highest BCUT2D eigenvalue weighted by Crippen LogP contribution is 2.15. The van der Waals surface area contributed by atoms with Crippen LogP contribution in [0.4, 0.5) is 0 Å². The molecular formula is C16H23NO2. The van der Waals surface area contributed by atoms with Gasteiger partial charge in [0.25, 0.3) is 0 Å². The number of rotatable bonds is 8. The summed E-state index contributed by atoms with van der Waals surface area (Å²) in [5, 5.41) is 4.06. The van der Waals surface area contributed by atoms with Crippen LogP contribution in [-0.2, 0) is 4.84 Å². The number of hydrogen-bond acceptors (Lipinski definition) is 3. The minimum atomic E-state index is 0.573. The van der Waals surface area contributed by atoms with Gasteiger partial charge in [0.2, 0.25) is 0 Å². The Balaban J connectivity index is 2.69. The van der Waals surface area contributed by atoms with Crippen LogP contribution in [0.5, 0.6) is 5.75 Å². The van der Waals surface area contributed by atoms with Crippen LogP contribution in [-0.4, -0.2) is 19.4 Å². The van der Waals surface area contributed by atoms with Crippen LogP contribution in [0, 0.1) is 0 Å². The second-order valence-electron chi connectivity index (χ2n) is 4.39. The van der Waals surface area contributed by atoms with Crippen molar-refractivity contribution in [3.05, 3.63) is 42.0 Å². The lowest BCUT2D eigenvalue weighted by atomic mass is 10.1. The minimum Gasteiger partial charge on any atom is -0.489 e. The minimum absolute atomic E-state index is 0.573. The maximum absolute atomic E-state index is 5.64. The van der Waals surface area contributed by atoms with Gasteiger partial charge in [0.1, 0.15) is 19.5 Å². The zero-order chi connectivity index (χ0) is 14.1. The SMILES string of the molecule is C=C(CC)COc1ccc(/C(CCC)=N/OC)cc1. The van der Waals surface area contributed by atoms with E-state index in [1.807, 2.05) is 24.3 Å². The second kappa shape index (κ2) is 8.35. The summed E-state index contributed by atoms with van der Waals surface area (Å²) < 4.78 is 5.64. The van der Waals surface area contributed by atoms with Crippen LogP contribution in [0.25, 0.3) is 0 Å². The topological polar surface area (TPSA) is 30.8 Å². The molecule has 0 bridgehead atoms. The van der Waals surface area contributed by atoms with Gasteiger partial charge in [-0.25, -0.2) is 0 Å². The summed E-state index contributed by atoms with van der Waals surface area (Å²) in [5.41, 5.74) is 3.14. The lowest BCUT2D eigenvalue weighted by Gasteiger charge is -2.09. The van der Waals surface area contributed by atoms with E-state index in [0.717, 1.165) is 41.9 Å². The molecule has 3 heteroatoms. The number of hydrogen-bond donors (Lipinski definition) is 0. The molecule has 0 amide bonds. The molecule has 0 aliphatic heterocycles. The standard InChI is InChI=1S/C16H23NO2/c1-5-7-16(17-18-4)14-8-10-15(11-9-14)19-12-13(3)6-2/h8-11H,3,5-7,12H2,1-2,4H3/b17-16+. The molecule has 3 nitrogen and oxygen atoms in total. The Bertz CT molecular complexity index is 421. The number of nitrogens with zero attached hydrogens (tertiary/aromatic N) is 1.